The minimum absolute atomic E-state index is 0.121. The minimum Gasteiger partial charge on any atom is -0.306 e. The highest BCUT2D eigenvalue weighted by Gasteiger charge is 2.21. The van der Waals surface area contributed by atoms with Crippen molar-refractivity contribution in [3.63, 3.8) is 0 Å². The monoisotopic (exact) mass is 382 g/mol. The lowest BCUT2D eigenvalue weighted by Crippen LogP contribution is -2.30. The second-order valence-electron chi connectivity index (χ2n) is 6.00. The summed E-state index contributed by atoms with van der Waals surface area (Å²) in [7, 11) is -3.48. The second kappa shape index (κ2) is 8.70. The number of halogens is 2. The van der Waals surface area contributed by atoms with Gasteiger partial charge in [-0.1, -0.05) is 32.0 Å². The van der Waals surface area contributed by atoms with E-state index >= 15 is 0 Å². The van der Waals surface area contributed by atoms with Gasteiger partial charge in [0.2, 0.25) is 10.0 Å². The summed E-state index contributed by atoms with van der Waals surface area (Å²) in [6, 6.07) is 10.0. The smallest absolute Gasteiger partial charge is 0.243 e. The molecule has 0 bridgehead atoms. The van der Waals surface area contributed by atoms with Gasteiger partial charge in [-0.3, -0.25) is 0 Å². The molecule has 0 unspecified atom stereocenters. The Balaban J connectivity index is 2.07. The molecule has 2 aromatic carbocycles. The van der Waals surface area contributed by atoms with Crippen LogP contribution in [0, 0.1) is 11.6 Å². The maximum Gasteiger partial charge on any atom is 0.243 e. The minimum atomic E-state index is -3.48. The van der Waals surface area contributed by atoms with Crippen LogP contribution in [0.25, 0.3) is 0 Å². The first kappa shape index (κ1) is 20.5. The maximum absolute atomic E-state index is 13.7. The molecule has 2 aromatic rings. The van der Waals surface area contributed by atoms with Gasteiger partial charge in [-0.15, -0.1) is 0 Å². The molecule has 0 radical (unpaired) electrons. The Morgan fingerprint density at radius 2 is 1.65 bits per heavy atom. The molecule has 0 saturated heterocycles. The normalized spacial score (nSPS) is 13.2. The van der Waals surface area contributed by atoms with Gasteiger partial charge >= 0.3 is 0 Å². The van der Waals surface area contributed by atoms with Gasteiger partial charge in [-0.05, 0) is 30.7 Å². The maximum atomic E-state index is 13.7. The first-order valence-electron chi connectivity index (χ1n) is 8.57. The predicted octanol–water partition coefficient (Wildman–Crippen LogP) is 3.85. The van der Waals surface area contributed by atoms with Gasteiger partial charge in [-0.25, -0.2) is 17.2 Å². The van der Waals surface area contributed by atoms with E-state index in [4.69, 9.17) is 0 Å². The molecule has 0 saturated carbocycles. The predicted molar refractivity (Wildman–Crippen MR) is 98.2 cm³/mol. The van der Waals surface area contributed by atoms with E-state index in [1.807, 2.05) is 6.92 Å². The number of rotatable bonds is 8. The molecule has 0 aromatic heterocycles. The van der Waals surface area contributed by atoms with E-state index in [-0.39, 0.29) is 17.5 Å². The van der Waals surface area contributed by atoms with Crippen molar-refractivity contribution in [1.29, 1.82) is 0 Å². The summed E-state index contributed by atoms with van der Waals surface area (Å²) in [6.45, 7) is 6.58. The highest BCUT2D eigenvalue weighted by molar-refractivity contribution is 7.89. The molecule has 7 heteroatoms. The number of nitrogens with one attached hydrogen (secondary N) is 1. The standard InChI is InChI=1S/C19H24F2N2O2S/c1-4-23(5-2)26(24,25)18-10-7-15(8-11-18)14(3)22-13-16-6-9-17(20)12-19(16)21/h6-12,14,22H,4-5,13H2,1-3H3/t14-/m0/s1. The molecule has 1 N–H and O–H groups in total. The van der Waals surface area contributed by atoms with Crippen molar-refractivity contribution in [3.05, 3.63) is 65.2 Å². The molecule has 0 fully saturated rings. The van der Waals surface area contributed by atoms with Crippen LogP contribution in [0.15, 0.2) is 47.4 Å². The molecule has 26 heavy (non-hydrogen) atoms. The number of sulfonamides is 1. The molecule has 0 aliphatic carbocycles. The van der Waals surface area contributed by atoms with Crippen molar-refractivity contribution in [1.82, 2.24) is 9.62 Å². The van der Waals surface area contributed by atoms with Gasteiger partial charge in [0.05, 0.1) is 4.90 Å². The van der Waals surface area contributed by atoms with Crippen molar-refractivity contribution in [2.75, 3.05) is 13.1 Å². The fourth-order valence-electron chi connectivity index (χ4n) is 2.69. The van der Waals surface area contributed by atoms with Crippen LogP contribution in [0.5, 0.6) is 0 Å². The van der Waals surface area contributed by atoms with E-state index in [1.54, 1.807) is 38.1 Å². The van der Waals surface area contributed by atoms with Gasteiger partial charge in [-0.2, -0.15) is 4.31 Å². The summed E-state index contributed by atoms with van der Waals surface area (Å²) in [6.07, 6.45) is 0. The molecule has 142 valence electrons. The number of hydrogen-bond donors (Lipinski definition) is 1. The largest absolute Gasteiger partial charge is 0.306 e. The third kappa shape index (κ3) is 4.66. The van der Waals surface area contributed by atoms with Gasteiger partial charge in [0.25, 0.3) is 0 Å². The zero-order chi connectivity index (χ0) is 19.3. The number of benzene rings is 2. The molecule has 0 aliphatic heterocycles. The zero-order valence-corrected chi connectivity index (χ0v) is 16.0. The van der Waals surface area contributed by atoms with E-state index in [0.717, 1.165) is 11.6 Å². The molecule has 0 spiro atoms. The Morgan fingerprint density at radius 1 is 1.04 bits per heavy atom. The van der Waals surface area contributed by atoms with Crippen LogP contribution in [-0.2, 0) is 16.6 Å². The Labute approximate surface area is 153 Å². The summed E-state index contributed by atoms with van der Waals surface area (Å²) in [4.78, 5) is 0.252. The lowest BCUT2D eigenvalue weighted by atomic mass is 10.1. The highest BCUT2D eigenvalue weighted by Crippen LogP contribution is 2.20. The van der Waals surface area contributed by atoms with E-state index in [1.165, 1.54) is 16.4 Å². The third-order valence-electron chi connectivity index (χ3n) is 4.34. The van der Waals surface area contributed by atoms with Crippen LogP contribution in [0.1, 0.15) is 37.9 Å². The van der Waals surface area contributed by atoms with Crippen LogP contribution < -0.4 is 5.32 Å². The Kier molecular flexibility index (Phi) is 6.86. The lowest BCUT2D eigenvalue weighted by molar-refractivity contribution is 0.445. The molecule has 0 heterocycles. The zero-order valence-electron chi connectivity index (χ0n) is 15.2. The summed E-state index contributed by atoms with van der Waals surface area (Å²) in [5, 5.41) is 3.16. The van der Waals surface area contributed by atoms with Crippen molar-refractivity contribution >= 4 is 10.0 Å². The molecule has 2 rings (SSSR count). The molecular formula is C19H24F2N2O2S. The summed E-state index contributed by atoms with van der Waals surface area (Å²) in [5.74, 6) is -1.20. The van der Waals surface area contributed by atoms with E-state index in [9.17, 15) is 17.2 Å². The first-order chi connectivity index (χ1) is 12.3. The van der Waals surface area contributed by atoms with Crippen molar-refractivity contribution in [2.45, 2.75) is 38.3 Å². The third-order valence-corrected chi connectivity index (χ3v) is 6.40. The van der Waals surface area contributed by atoms with Crippen LogP contribution in [0.3, 0.4) is 0 Å². The fourth-order valence-corrected chi connectivity index (χ4v) is 4.15. The van der Waals surface area contributed by atoms with Gasteiger partial charge in [0, 0.05) is 37.3 Å². The fraction of sp³-hybridized carbons (Fsp3) is 0.368. The molecule has 0 aliphatic rings. The van der Waals surface area contributed by atoms with Gasteiger partial charge in [0.15, 0.2) is 0 Å². The van der Waals surface area contributed by atoms with Crippen molar-refractivity contribution in [3.8, 4) is 0 Å². The number of nitrogens with zero attached hydrogens (tertiary/aromatic N) is 1. The number of hydrogen-bond acceptors (Lipinski definition) is 3. The van der Waals surface area contributed by atoms with Gasteiger partial charge in [0.1, 0.15) is 11.6 Å². The summed E-state index contributed by atoms with van der Waals surface area (Å²) >= 11 is 0. The van der Waals surface area contributed by atoms with E-state index in [0.29, 0.717) is 18.7 Å². The summed E-state index contributed by atoms with van der Waals surface area (Å²) in [5.41, 5.74) is 1.25. The van der Waals surface area contributed by atoms with Crippen molar-refractivity contribution < 1.29 is 17.2 Å². The molecule has 1 atom stereocenters. The molecular weight excluding hydrogens is 358 g/mol. The molecule has 0 amide bonds. The Bertz CT molecular complexity index is 835. The summed E-state index contributed by atoms with van der Waals surface area (Å²) < 4.78 is 53.0. The molecule has 4 nitrogen and oxygen atoms in total. The van der Waals surface area contributed by atoms with E-state index < -0.39 is 21.7 Å². The topological polar surface area (TPSA) is 49.4 Å². The first-order valence-corrected chi connectivity index (χ1v) is 10.0. The van der Waals surface area contributed by atoms with Crippen LogP contribution in [0.2, 0.25) is 0 Å². The average molecular weight is 382 g/mol. The van der Waals surface area contributed by atoms with Crippen LogP contribution >= 0.6 is 0 Å². The highest BCUT2D eigenvalue weighted by atomic mass is 32.2. The Hall–Kier alpha value is -1.83. The second-order valence-corrected chi connectivity index (χ2v) is 7.93. The van der Waals surface area contributed by atoms with E-state index in [2.05, 4.69) is 5.32 Å². The quantitative estimate of drug-likeness (QED) is 0.755. The van der Waals surface area contributed by atoms with Crippen LogP contribution in [0.4, 0.5) is 8.78 Å². The average Bonchev–Trinajstić information content (AvgIpc) is 2.61. The van der Waals surface area contributed by atoms with Gasteiger partial charge < -0.3 is 5.32 Å². The lowest BCUT2D eigenvalue weighted by Gasteiger charge is -2.19. The Morgan fingerprint density at radius 3 is 2.19 bits per heavy atom. The SMILES string of the molecule is CCN(CC)S(=O)(=O)c1ccc([C@H](C)NCc2ccc(F)cc2F)cc1. The van der Waals surface area contributed by atoms with Crippen molar-refractivity contribution in [2.24, 2.45) is 0 Å². The van der Waals surface area contributed by atoms with Crippen LogP contribution in [-0.4, -0.2) is 25.8 Å².